The van der Waals surface area contributed by atoms with Crippen LogP contribution in [0.4, 0.5) is 5.69 Å². The molecule has 0 amide bonds. The summed E-state index contributed by atoms with van der Waals surface area (Å²) in [4.78, 5) is 0.156. The van der Waals surface area contributed by atoms with Crippen LogP contribution in [0.5, 0.6) is 11.6 Å². The van der Waals surface area contributed by atoms with Gasteiger partial charge in [0.2, 0.25) is 5.88 Å². The highest BCUT2D eigenvalue weighted by molar-refractivity contribution is 7.92. The Morgan fingerprint density at radius 2 is 1.72 bits per heavy atom. The normalized spacial score (nSPS) is 11.1. The van der Waals surface area contributed by atoms with Crippen LogP contribution in [-0.4, -0.2) is 31.8 Å². The van der Waals surface area contributed by atoms with Gasteiger partial charge >= 0.3 is 0 Å². The van der Waals surface area contributed by atoms with Gasteiger partial charge in [0.1, 0.15) is 5.75 Å². The molecule has 152 valence electrons. The number of hydrogen-bond donors (Lipinski definition) is 1. The zero-order valence-electron chi connectivity index (χ0n) is 16.3. The largest absolute Gasteiger partial charge is 0.494 e. The predicted molar refractivity (Wildman–Crippen MR) is 112 cm³/mol. The molecule has 1 heterocycles. The predicted octanol–water partition coefficient (Wildman–Crippen LogP) is 4.13. The van der Waals surface area contributed by atoms with E-state index in [1.165, 1.54) is 12.1 Å². The molecule has 0 fully saturated rings. The van der Waals surface area contributed by atoms with E-state index in [1.54, 1.807) is 42.5 Å². The molecule has 0 aliphatic rings. The van der Waals surface area contributed by atoms with Gasteiger partial charge in [-0.25, -0.2) is 8.42 Å². The highest BCUT2D eigenvalue weighted by Gasteiger charge is 2.15. The standard InChI is InChI=1S/C21H23N3O4S/c1-3-14-28-21-13-12-20(22-23-21)16-6-5-7-17(15-16)24-29(25,26)19-10-8-18(9-11-19)27-4-2/h5-13,15,24H,3-4,14H2,1-2H3. The number of hydrogen-bond acceptors (Lipinski definition) is 6. The second-order valence-electron chi connectivity index (χ2n) is 6.20. The van der Waals surface area contributed by atoms with Gasteiger partial charge in [-0.1, -0.05) is 19.1 Å². The van der Waals surface area contributed by atoms with Crippen LogP contribution in [0.2, 0.25) is 0 Å². The SMILES string of the molecule is CCCOc1ccc(-c2cccc(NS(=O)(=O)c3ccc(OCC)cc3)c2)nn1. The zero-order valence-corrected chi connectivity index (χ0v) is 17.1. The van der Waals surface area contributed by atoms with Gasteiger partial charge < -0.3 is 9.47 Å². The van der Waals surface area contributed by atoms with Crippen LogP contribution in [0, 0.1) is 0 Å². The van der Waals surface area contributed by atoms with Gasteiger partial charge in [0, 0.05) is 17.3 Å². The molecule has 0 unspecified atom stereocenters. The molecule has 0 aliphatic carbocycles. The lowest BCUT2D eigenvalue weighted by Gasteiger charge is -2.10. The Morgan fingerprint density at radius 1 is 0.931 bits per heavy atom. The number of ether oxygens (including phenoxy) is 2. The summed E-state index contributed by atoms with van der Waals surface area (Å²) in [6.45, 7) is 4.99. The van der Waals surface area contributed by atoms with E-state index < -0.39 is 10.0 Å². The Bertz CT molecular complexity index is 1040. The molecule has 2 aromatic carbocycles. The summed E-state index contributed by atoms with van der Waals surface area (Å²) in [6.07, 6.45) is 0.889. The molecule has 1 aromatic heterocycles. The minimum absolute atomic E-state index is 0.156. The molecule has 3 rings (SSSR count). The van der Waals surface area contributed by atoms with Crippen LogP contribution in [0.15, 0.2) is 65.6 Å². The van der Waals surface area contributed by atoms with E-state index in [1.807, 2.05) is 19.9 Å². The van der Waals surface area contributed by atoms with Crippen molar-refractivity contribution in [3.8, 4) is 22.9 Å². The third kappa shape index (κ3) is 5.45. The zero-order chi connectivity index (χ0) is 20.7. The number of aromatic nitrogens is 2. The lowest BCUT2D eigenvalue weighted by atomic mass is 10.1. The second kappa shape index (κ2) is 9.38. The van der Waals surface area contributed by atoms with Gasteiger partial charge in [-0.05, 0) is 55.8 Å². The summed E-state index contributed by atoms with van der Waals surface area (Å²) in [7, 11) is -3.72. The molecule has 3 aromatic rings. The Morgan fingerprint density at radius 3 is 2.38 bits per heavy atom. The first-order chi connectivity index (χ1) is 14.0. The number of rotatable bonds is 9. The lowest BCUT2D eigenvalue weighted by Crippen LogP contribution is -2.13. The monoisotopic (exact) mass is 413 g/mol. The molecule has 0 saturated carbocycles. The second-order valence-corrected chi connectivity index (χ2v) is 7.88. The Kier molecular flexibility index (Phi) is 6.66. The summed E-state index contributed by atoms with van der Waals surface area (Å²) in [5.41, 5.74) is 1.80. The summed E-state index contributed by atoms with van der Waals surface area (Å²) in [5, 5.41) is 8.20. The quantitative estimate of drug-likeness (QED) is 0.567. The molecule has 0 aliphatic heterocycles. The van der Waals surface area contributed by atoms with Crippen LogP contribution in [0.25, 0.3) is 11.3 Å². The number of nitrogens with one attached hydrogen (secondary N) is 1. The molecule has 0 bridgehead atoms. The van der Waals surface area contributed by atoms with E-state index in [0.29, 0.717) is 36.2 Å². The van der Waals surface area contributed by atoms with Crippen molar-refractivity contribution in [1.29, 1.82) is 0 Å². The Balaban J connectivity index is 1.76. The van der Waals surface area contributed by atoms with Gasteiger partial charge in [0.05, 0.1) is 23.8 Å². The fraction of sp³-hybridized carbons (Fsp3) is 0.238. The van der Waals surface area contributed by atoms with Crippen LogP contribution in [0.3, 0.4) is 0 Å². The van der Waals surface area contributed by atoms with Gasteiger partial charge in [0.25, 0.3) is 10.0 Å². The molecule has 0 saturated heterocycles. The average molecular weight is 413 g/mol. The van der Waals surface area contributed by atoms with E-state index in [4.69, 9.17) is 9.47 Å². The van der Waals surface area contributed by atoms with E-state index in [0.717, 1.165) is 12.0 Å². The van der Waals surface area contributed by atoms with Crippen LogP contribution in [-0.2, 0) is 10.0 Å². The van der Waals surface area contributed by atoms with E-state index in [9.17, 15) is 8.42 Å². The molecular formula is C21H23N3O4S. The molecule has 0 spiro atoms. The maximum atomic E-state index is 12.7. The van der Waals surface area contributed by atoms with E-state index >= 15 is 0 Å². The molecule has 0 atom stereocenters. The maximum absolute atomic E-state index is 12.7. The number of anilines is 1. The molecular weight excluding hydrogens is 390 g/mol. The number of nitrogens with zero attached hydrogens (tertiary/aromatic N) is 2. The third-order valence-corrected chi connectivity index (χ3v) is 5.35. The molecule has 8 heteroatoms. The third-order valence-electron chi connectivity index (χ3n) is 3.95. The maximum Gasteiger partial charge on any atom is 0.261 e. The molecule has 29 heavy (non-hydrogen) atoms. The highest BCUT2D eigenvalue weighted by atomic mass is 32.2. The summed E-state index contributed by atoms with van der Waals surface area (Å²) in [5.74, 6) is 1.08. The first kappa shape index (κ1) is 20.6. The van der Waals surface area contributed by atoms with Crippen molar-refractivity contribution in [1.82, 2.24) is 10.2 Å². The smallest absolute Gasteiger partial charge is 0.261 e. The summed E-state index contributed by atoms with van der Waals surface area (Å²) < 4.78 is 38.7. The highest BCUT2D eigenvalue weighted by Crippen LogP contribution is 2.24. The minimum atomic E-state index is -3.72. The van der Waals surface area contributed by atoms with Crippen molar-refractivity contribution in [2.24, 2.45) is 0 Å². The molecule has 1 N–H and O–H groups in total. The van der Waals surface area contributed by atoms with Crippen molar-refractivity contribution in [2.75, 3.05) is 17.9 Å². The van der Waals surface area contributed by atoms with Crippen LogP contribution in [0.1, 0.15) is 20.3 Å². The molecule has 0 radical (unpaired) electrons. The summed E-state index contributed by atoms with van der Waals surface area (Å²) in [6, 6.07) is 16.8. The average Bonchev–Trinajstić information content (AvgIpc) is 2.73. The van der Waals surface area contributed by atoms with Crippen molar-refractivity contribution >= 4 is 15.7 Å². The first-order valence-corrected chi connectivity index (χ1v) is 10.8. The number of benzene rings is 2. The van der Waals surface area contributed by atoms with E-state index in [2.05, 4.69) is 14.9 Å². The van der Waals surface area contributed by atoms with Crippen LogP contribution < -0.4 is 14.2 Å². The van der Waals surface area contributed by atoms with Gasteiger partial charge in [-0.3, -0.25) is 4.72 Å². The number of sulfonamides is 1. The van der Waals surface area contributed by atoms with Crippen molar-refractivity contribution in [2.45, 2.75) is 25.2 Å². The van der Waals surface area contributed by atoms with Gasteiger partial charge in [-0.2, -0.15) is 0 Å². The van der Waals surface area contributed by atoms with Crippen molar-refractivity contribution in [3.05, 3.63) is 60.7 Å². The van der Waals surface area contributed by atoms with Crippen molar-refractivity contribution < 1.29 is 17.9 Å². The molecule has 7 nitrogen and oxygen atoms in total. The van der Waals surface area contributed by atoms with Gasteiger partial charge in [0.15, 0.2) is 0 Å². The van der Waals surface area contributed by atoms with E-state index in [-0.39, 0.29) is 4.90 Å². The fourth-order valence-electron chi connectivity index (χ4n) is 2.60. The minimum Gasteiger partial charge on any atom is -0.494 e. The fourth-order valence-corrected chi connectivity index (χ4v) is 3.64. The Labute approximate surface area is 170 Å². The first-order valence-electron chi connectivity index (χ1n) is 9.34. The summed E-state index contributed by atoms with van der Waals surface area (Å²) >= 11 is 0. The van der Waals surface area contributed by atoms with Crippen LogP contribution >= 0.6 is 0 Å². The topological polar surface area (TPSA) is 90.4 Å². The lowest BCUT2D eigenvalue weighted by molar-refractivity contribution is 0.302. The van der Waals surface area contributed by atoms with Gasteiger partial charge in [-0.15, -0.1) is 10.2 Å². The van der Waals surface area contributed by atoms with Crippen molar-refractivity contribution in [3.63, 3.8) is 0 Å². The Hall–Kier alpha value is -3.13.